The monoisotopic (exact) mass is 264 g/mol. The van der Waals surface area contributed by atoms with E-state index in [1.807, 2.05) is 24.3 Å². The van der Waals surface area contributed by atoms with Crippen LogP contribution in [0.1, 0.15) is 18.9 Å². The molecule has 0 saturated carbocycles. The first-order chi connectivity index (χ1) is 8.81. The molecule has 2 N–H and O–H groups in total. The summed E-state index contributed by atoms with van der Waals surface area (Å²) in [6.07, 6.45) is 2.60. The van der Waals surface area contributed by atoms with Crippen LogP contribution in [-0.4, -0.2) is 21.5 Å². The lowest BCUT2D eigenvalue weighted by Gasteiger charge is -2.12. The second-order valence-corrected chi connectivity index (χ2v) is 4.21. The predicted molar refractivity (Wildman–Crippen MR) is 72.7 cm³/mol. The maximum absolute atomic E-state index is 5.69. The molecule has 0 saturated heterocycles. The van der Waals surface area contributed by atoms with Gasteiger partial charge < -0.3 is 10.2 Å². The van der Waals surface area contributed by atoms with E-state index in [1.54, 1.807) is 11.0 Å². The lowest BCUT2D eigenvalue weighted by atomic mass is 10.2. The van der Waals surface area contributed by atoms with Gasteiger partial charge in [0.25, 0.3) is 0 Å². The molecule has 5 nitrogen and oxygen atoms in total. The number of hydrogen-bond donors (Lipinski definition) is 2. The first-order valence-electron chi connectivity index (χ1n) is 5.88. The summed E-state index contributed by atoms with van der Waals surface area (Å²) in [4.78, 5) is 0. The Morgan fingerprint density at radius 2 is 2.28 bits per heavy atom. The Balaban J connectivity index is 2.04. The number of aromatic amines is 1. The minimum Gasteiger partial charge on any atom is -0.493 e. The lowest BCUT2D eigenvalue weighted by Crippen LogP contribution is -2.14. The fourth-order valence-electron chi connectivity index (χ4n) is 1.53. The summed E-state index contributed by atoms with van der Waals surface area (Å²) in [5, 5.41) is 6.53. The van der Waals surface area contributed by atoms with Crippen LogP contribution in [0.5, 0.6) is 5.75 Å². The molecule has 0 fully saturated rings. The van der Waals surface area contributed by atoms with Crippen LogP contribution in [0.15, 0.2) is 30.6 Å². The van der Waals surface area contributed by atoms with Crippen molar-refractivity contribution in [2.75, 3.05) is 12.0 Å². The standard InChI is InChI=1S/C12H16N4OS/c1-2-7-17-11-6-4-3-5-10(11)8-14-16-9-13-15-12(16)18/h3-6,9,14H,2,7-8H2,1H3,(H,15,18). The zero-order valence-electron chi connectivity index (χ0n) is 10.2. The Labute approximate surface area is 111 Å². The van der Waals surface area contributed by atoms with Crippen molar-refractivity contribution >= 4 is 12.2 Å². The van der Waals surface area contributed by atoms with Crippen molar-refractivity contribution in [1.29, 1.82) is 0 Å². The van der Waals surface area contributed by atoms with Crippen LogP contribution < -0.4 is 10.2 Å². The third-order valence-electron chi connectivity index (χ3n) is 2.43. The SMILES string of the molecule is CCCOc1ccccc1CNn1cn[nH]c1=S. The maximum atomic E-state index is 5.69. The highest BCUT2D eigenvalue weighted by Gasteiger charge is 2.02. The molecule has 0 aliphatic heterocycles. The zero-order chi connectivity index (χ0) is 12.8. The summed E-state index contributed by atoms with van der Waals surface area (Å²) in [7, 11) is 0. The van der Waals surface area contributed by atoms with Crippen LogP contribution in [0.25, 0.3) is 0 Å². The molecule has 0 aliphatic rings. The highest BCUT2D eigenvalue weighted by molar-refractivity contribution is 7.71. The number of hydrogen-bond acceptors (Lipinski definition) is 4. The van der Waals surface area contributed by atoms with Crippen molar-refractivity contribution in [3.05, 3.63) is 40.9 Å². The van der Waals surface area contributed by atoms with Crippen molar-refractivity contribution in [2.45, 2.75) is 19.9 Å². The Morgan fingerprint density at radius 3 is 3.00 bits per heavy atom. The highest BCUT2D eigenvalue weighted by atomic mass is 32.1. The molecule has 96 valence electrons. The molecule has 0 spiro atoms. The molecule has 0 atom stereocenters. The molecule has 1 aromatic carbocycles. The number of aromatic nitrogens is 3. The molecule has 2 aromatic rings. The number of nitrogens with zero attached hydrogens (tertiary/aromatic N) is 2. The molecule has 1 aromatic heterocycles. The van der Waals surface area contributed by atoms with Gasteiger partial charge in [-0.15, -0.1) is 0 Å². The smallest absolute Gasteiger partial charge is 0.214 e. The summed E-state index contributed by atoms with van der Waals surface area (Å²) in [5.41, 5.74) is 4.26. The van der Waals surface area contributed by atoms with Gasteiger partial charge in [-0.3, -0.25) is 5.10 Å². The minimum absolute atomic E-state index is 0.543. The average molecular weight is 264 g/mol. The van der Waals surface area contributed by atoms with Gasteiger partial charge in [0.1, 0.15) is 12.1 Å². The summed E-state index contributed by atoms with van der Waals surface area (Å²) < 4.78 is 7.90. The van der Waals surface area contributed by atoms with Gasteiger partial charge in [-0.25, -0.2) is 4.68 Å². The van der Waals surface area contributed by atoms with Crippen LogP contribution in [0.3, 0.4) is 0 Å². The maximum Gasteiger partial charge on any atom is 0.214 e. The van der Waals surface area contributed by atoms with Crippen molar-refractivity contribution < 1.29 is 4.74 Å². The second-order valence-electron chi connectivity index (χ2n) is 3.82. The molecule has 18 heavy (non-hydrogen) atoms. The number of rotatable bonds is 6. The minimum atomic E-state index is 0.543. The Kier molecular flexibility index (Phi) is 4.35. The summed E-state index contributed by atoms with van der Waals surface area (Å²) in [6.45, 7) is 3.45. The molecule has 6 heteroatoms. The first-order valence-corrected chi connectivity index (χ1v) is 6.28. The van der Waals surface area contributed by atoms with Gasteiger partial charge >= 0.3 is 0 Å². The third-order valence-corrected chi connectivity index (χ3v) is 2.71. The van der Waals surface area contributed by atoms with E-state index in [0.29, 0.717) is 11.3 Å². The molecule has 0 aliphatic carbocycles. The van der Waals surface area contributed by atoms with Crippen LogP contribution in [0, 0.1) is 4.77 Å². The van der Waals surface area contributed by atoms with Crippen LogP contribution in [0.4, 0.5) is 0 Å². The summed E-state index contributed by atoms with van der Waals surface area (Å²) >= 11 is 5.05. The largest absolute Gasteiger partial charge is 0.493 e. The van der Waals surface area contributed by atoms with Gasteiger partial charge in [-0.1, -0.05) is 25.1 Å². The molecular weight excluding hydrogens is 248 g/mol. The van der Waals surface area contributed by atoms with Gasteiger partial charge in [-0.2, -0.15) is 5.10 Å². The van der Waals surface area contributed by atoms with E-state index in [2.05, 4.69) is 22.5 Å². The van der Waals surface area contributed by atoms with Gasteiger partial charge in [-0.05, 0) is 24.7 Å². The van der Waals surface area contributed by atoms with E-state index in [1.165, 1.54) is 0 Å². The second kappa shape index (κ2) is 6.20. The van der Waals surface area contributed by atoms with Crippen molar-refractivity contribution in [2.24, 2.45) is 0 Å². The van der Waals surface area contributed by atoms with Crippen molar-refractivity contribution in [1.82, 2.24) is 14.9 Å². The van der Waals surface area contributed by atoms with Gasteiger partial charge in [0.15, 0.2) is 0 Å². The number of benzene rings is 1. The molecule has 0 radical (unpaired) electrons. The van der Waals surface area contributed by atoms with Crippen LogP contribution >= 0.6 is 12.2 Å². The van der Waals surface area contributed by atoms with E-state index < -0.39 is 0 Å². The fourth-order valence-corrected chi connectivity index (χ4v) is 1.70. The topological polar surface area (TPSA) is 54.9 Å². The molecule has 0 bridgehead atoms. The highest BCUT2D eigenvalue weighted by Crippen LogP contribution is 2.18. The van der Waals surface area contributed by atoms with E-state index in [0.717, 1.165) is 24.3 Å². The van der Waals surface area contributed by atoms with E-state index in [4.69, 9.17) is 17.0 Å². The number of nitrogens with one attached hydrogen (secondary N) is 2. The van der Waals surface area contributed by atoms with Crippen LogP contribution in [0.2, 0.25) is 0 Å². The Morgan fingerprint density at radius 1 is 1.44 bits per heavy atom. The predicted octanol–water partition coefficient (Wildman–Crippen LogP) is 2.47. The third kappa shape index (κ3) is 3.10. The molecule has 0 unspecified atom stereocenters. The summed E-state index contributed by atoms with van der Waals surface area (Å²) in [6, 6.07) is 7.96. The quantitative estimate of drug-likeness (QED) is 0.787. The first kappa shape index (κ1) is 12.6. The van der Waals surface area contributed by atoms with E-state index in [-0.39, 0.29) is 0 Å². The molecular formula is C12H16N4OS. The molecule has 2 rings (SSSR count). The van der Waals surface area contributed by atoms with Gasteiger partial charge in [0.2, 0.25) is 4.77 Å². The Hall–Kier alpha value is -1.82. The van der Waals surface area contributed by atoms with Crippen LogP contribution in [-0.2, 0) is 6.54 Å². The number of ether oxygens (including phenoxy) is 1. The fraction of sp³-hybridized carbons (Fsp3) is 0.333. The van der Waals surface area contributed by atoms with E-state index >= 15 is 0 Å². The van der Waals surface area contributed by atoms with Crippen molar-refractivity contribution in [3.8, 4) is 5.75 Å². The number of para-hydroxylation sites is 1. The van der Waals surface area contributed by atoms with Gasteiger partial charge in [0, 0.05) is 5.56 Å². The van der Waals surface area contributed by atoms with Gasteiger partial charge in [0.05, 0.1) is 13.2 Å². The zero-order valence-corrected chi connectivity index (χ0v) is 11.0. The summed E-state index contributed by atoms with van der Waals surface area (Å²) in [5.74, 6) is 0.905. The lowest BCUT2D eigenvalue weighted by molar-refractivity contribution is 0.314. The molecule has 0 amide bonds. The Bertz CT molecular complexity index is 549. The normalized spacial score (nSPS) is 10.3. The van der Waals surface area contributed by atoms with Crippen molar-refractivity contribution in [3.63, 3.8) is 0 Å². The molecule has 1 heterocycles. The number of H-pyrrole nitrogens is 1. The van der Waals surface area contributed by atoms with E-state index in [9.17, 15) is 0 Å². The average Bonchev–Trinajstić information content (AvgIpc) is 2.80.